The summed E-state index contributed by atoms with van der Waals surface area (Å²) in [6.07, 6.45) is 3.08. The highest BCUT2D eigenvalue weighted by Crippen LogP contribution is 2.39. The molecule has 2 aromatic carbocycles. The van der Waals surface area contributed by atoms with Crippen LogP contribution in [0.3, 0.4) is 0 Å². The number of hydrazine groups is 1. The number of carbonyl (C=O) groups is 4. The number of hydrogen-bond donors (Lipinski definition) is 0. The molecular formula is C26H25ClN2O4. The van der Waals surface area contributed by atoms with Crippen molar-refractivity contribution in [2.24, 2.45) is 11.8 Å². The van der Waals surface area contributed by atoms with E-state index in [0.29, 0.717) is 18.4 Å². The van der Waals surface area contributed by atoms with E-state index < -0.39 is 35.6 Å². The summed E-state index contributed by atoms with van der Waals surface area (Å²) >= 11 is 6.30. The van der Waals surface area contributed by atoms with Gasteiger partial charge >= 0.3 is 0 Å². The molecule has 0 spiro atoms. The summed E-state index contributed by atoms with van der Waals surface area (Å²) in [6, 6.07) is 14.0. The molecule has 1 aliphatic carbocycles. The van der Waals surface area contributed by atoms with Crippen molar-refractivity contribution in [2.75, 3.05) is 0 Å². The second-order valence-corrected chi connectivity index (χ2v) is 8.88. The minimum Gasteiger partial charge on any atom is -0.292 e. The van der Waals surface area contributed by atoms with Crippen molar-refractivity contribution in [1.29, 1.82) is 0 Å². The van der Waals surface area contributed by atoms with Gasteiger partial charge in [0.2, 0.25) is 0 Å². The number of carbonyl (C=O) groups excluding carboxylic acids is 4. The second-order valence-electron chi connectivity index (χ2n) is 8.48. The largest absolute Gasteiger partial charge is 0.292 e. The van der Waals surface area contributed by atoms with E-state index in [-0.39, 0.29) is 22.8 Å². The van der Waals surface area contributed by atoms with Crippen LogP contribution in [0, 0.1) is 11.8 Å². The van der Waals surface area contributed by atoms with Crippen molar-refractivity contribution in [2.45, 2.75) is 39.2 Å². The molecule has 0 N–H and O–H groups in total. The zero-order valence-corrected chi connectivity index (χ0v) is 19.3. The van der Waals surface area contributed by atoms with Crippen molar-refractivity contribution < 1.29 is 19.2 Å². The summed E-state index contributed by atoms with van der Waals surface area (Å²) in [7, 11) is 0. The zero-order chi connectivity index (χ0) is 23.7. The third kappa shape index (κ3) is 4.11. The van der Waals surface area contributed by atoms with Gasteiger partial charge in [-0.1, -0.05) is 72.6 Å². The van der Waals surface area contributed by atoms with E-state index in [0.717, 1.165) is 15.6 Å². The maximum absolute atomic E-state index is 13.8. The first kappa shape index (κ1) is 22.9. The van der Waals surface area contributed by atoms with Crippen LogP contribution < -0.4 is 0 Å². The Balaban J connectivity index is 1.80. The van der Waals surface area contributed by atoms with E-state index in [1.807, 2.05) is 13.0 Å². The lowest BCUT2D eigenvalue weighted by Gasteiger charge is -2.36. The molecule has 2 aliphatic rings. The Hall–Kier alpha value is -3.25. The molecule has 33 heavy (non-hydrogen) atoms. The molecule has 3 atom stereocenters. The molecule has 1 fully saturated rings. The highest BCUT2D eigenvalue weighted by Gasteiger charge is 2.53. The summed E-state index contributed by atoms with van der Waals surface area (Å²) in [6.45, 7) is 3.68. The number of ketones is 1. The van der Waals surface area contributed by atoms with Gasteiger partial charge in [0.05, 0.1) is 22.4 Å². The first-order valence-electron chi connectivity index (χ1n) is 11.1. The van der Waals surface area contributed by atoms with Gasteiger partial charge in [0.15, 0.2) is 5.78 Å². The zero-order valence-electron chi connectivity index (χ0n) is 18.5. The lowest BCUT2D eigenvalue weighted by Crippen LogP contribution is -2.57. The standard InChI is InChI=1S/C26H25ClN2O4/c1-3-22(23(30)17-9-5-4-6-10-17)28(25(32)19-11-7-8-12-21(19)27)29-24(31)18-14-13-16(2)15-20(18)26(29)33/h4-13,18,20,22H,3,14-15H2,1-2H3/t18-,20+,22-/m1/s1. The first-order valence-corrected chi connectivity index (χ1v) is 11.4. The van der Waals surface area contributed by atoms with Crippen LogP contribution in [0.2, 0.25) is 5.02 Å². The molecule has 0 bridgehead atoms. The fourth-order valence-corrected chi connectivity index (χ4v) is 4.84. The molecule has 170 valence electrons. The van der Waals surface area contributed by atoms with E-state index in [2.05, 4.69) is 0 Å². The van der Waals surface area contributed by atoms with Crippen molar-refractivity contribution in [3.8, 4) is 0 Å². The highest BCUT2D eigenvalue weighted by molar-refractivity contribution is 6.34. The van der Waals surface area contributed by atoms with E-state index >= 15 is 0 Å². The number of benzene rings is 2. The minimum absolute atomic E-state index is 0.128. The van der Waals surface area contributed by atoms with E-state index in [1.54, 1.807) is 55.5 Å². The first-order chi connectivity index (χ1) is 15.8. The average molecular weight is 465 g/mol. The molecule has 6 nitrogen and oxygen atoms in total. The maximum atomic E-state index is 13.8. The third-order valence-corrected chi connectivity index (χ3v) is 6.70. The van der Waals surface area contributed by atoms with Gasteiger partial charge in [0.25, 0.3) is 17.7 Å². The molecule has 1 heterocycles. The Bertz CT molecular complexity index is 1140. The van der Waals surface area contributed by atoms with Gasteiger partial charge in [-0.15, -0.1) is 0 Å². The van der Waals surface area contributed by atoms with Crippen LogP contribution in [0.4, 0.5) is 0 Å². The van der Waals surface area contributed by atoms with Gasteiger partial charge in [-0.2, -0.15) is 5.01 Å². The smallest absolute Gasteiger partial charge is 0.275 e. The predicted molar refractivity (Wildman–Crippen MR) is 124 cm³/mol. The minimum atomic E-state index is -1.04. The normalized spacial score (nSPS) is 20.8. The summed E-state index contributed by atoms with van der Waals surface area (Å²) in [4.78, 5) is 54.2. The fraction of sp³-hybridized carbons (Fsp3) is 0.308. The monoisotopic (exact) mass is 464 g/mol. The van der Waals surface area contributed by atoms with Crippen LogP contribution in [-0.4, -0.2) is 39.6 Å². The quantitative estimate of drug-likeness (QED) is 0.353. The molecule has 2 aromatic rings. The van der Waals surface area contributed by atoms with Crippen molar-refractivity contribution in [3.63, 3.8) is 0 Å². The molecule has 0 unspecified atom stereocenters. The van der Waals surface area contributed by atoms with Crippen LogP contribution in [0.15, 0.2) is 66.2 Å². The van der Waals surface area contributed by atoms with Crippen LogP contribution in [0.1, 0.15) is 53.8 Å². The van der Waals surface area contributed by atoms with Crippen LogP contribution >= 0.6 is 11.6 Å². The van der Waals surface area contributed by atoms with Gasteiger partial charge in [-0.05, 0) is 38.3 Å². The summed E-state index contributed by atoms with van der Waals surface area (Å²) in [5.74, 6) is -2.96. The number of rotatable bonds is 6. The topological polar surface area (TPSA) is 74.8 Å². The lowest BCUT2D eigenvalue weighted by molar-refractivity contribution is -0.156. The van der Waals surface area contributed by atoms with Crippen molar-refractivity contribution in [3.05, 3.63) is 82.4 Å². The van der Waals surface area contributed by atoms with Crippen molar-refractivity contribution in [1.82, 2.24) is 10.0 Å². The van der Waals surface area contributed by atoms with E-state index in [9.17, 15) is 19.2 Å². The molecule has 0 saturated carbocycles. The average Bonchev–Trinajstić information content (AvgIpc) is 3.06. The van der Waals surface area contributed by atoms with Crippen LogP contribution in [0.5, 0.6) is 0 Å². The molecule has 3 amide bonds. The summed E-state index contributed by atoms with van der Waals surface area (Å²) in [5, 5.41) is 2.15. The molecule has 4 rings (SSSR count). The van der Waals surface area contributed by atoms with Crippen LogP contribution in [0.25, 0.3) is 0 Å². The number of Topliss-reactive ketones (excluding diaryl/α,β-unsaturated/α-hetero) is 1. The summed E-state index contributed by atoms with van der Waals surface area (Å²) < 4.78 is 0. The fourth-order valence-electron chi connectivity index (χ4n) is 4.63. The highest BCUT2D eigenvalue weighted by atomic mass is 35.5. The Kier molecular flexibility index (Phi) is 6.47. The lowest BCUT2D eigenvalue weighted by atomic mass is 9.82. The Morgan fingerprint density at radius 1 is 1.03 bits per heavy atom. The molecule has 1 aliphatic heterocycles. The Morgan fingerprint density at radius 3 is 2.33 bits per heavy atom. The van der Waals surface area contributed by atoms with Gasteiger partial charge in [-0.25, -0.2) is 5.01 Å². The van der Waals surface area contributed by atoms with Gasteiger partial charge in [-0.3, -0.25) is 19.2 Å². The number of amides is 3. The van der Waals surface area contributed by atoms with Crippen LogP contribution in [-0.2, 0) is 9.59 Å². The number of halogens is 1. The van der Waals surface area contributed by atoms with Gasteiger partial charge in [0, 0.05) is 5.56 Å². The maximum Gasteiger partial charge on any atom is 0.275 e. The second kappa shape index (κ2) is 9.32. The van der Waals surface area contributed by atoms with E-state index in [1.165, 1.54) is 6.07 Å². The van der Waals surface area contributed by atoms with E-state index in [4.69, 9.17) is 11.6 Å². The predicted octanol–water partition coefficient (Wildman–Crippen LogP) is 4.70. The molecular weight excluding hydrogens is 440 g/mol. The number of fused-ring (bicyclic) bond motifs is 1. The summed E-state index contributed by atoms with van der Waals surface area (Å²) in [5.41, 5.74) is 1.56. The molecule has 0 radical (unpaired) electrons. The third-order valence-electron chi connectivity index (χ3n) is 6.37. The molecule has 0 aromatic heterocycles. The number of allylic oxidation sites excluding steroid dienone is 2. The number of hydrogen-bond acceptors (Lipinski definition) is 4. The molecule has 1 saturated heterocycles. The Morgan fingerprint density at radius 2 is 1.67 bits per heavy atom. The van der Waals surface area contributed by atoms with Gasteiger partial charge in [0.1, 0.15) is 6.04 Å². The SMILES string of the molecule is CC[C@H](C(=O)c1ccccc1)N(C(=O)c1ccccc1Cl)N1C(=O)[C@H]2CC(C)=CC[C@H]2C1=O. The van der Waals surface area contributed by atoms with Gasteiger partial charge < -0.3 is 0 Å². The number of imide groups is 1. The molecule has 7 heteroatoms. The Labute approximate surface area is 197 Å². The van der Waals surface area contributed by atoms with Crippen molar-refractivity contribution >= 4 is 35.1 Å². The number of nitrogens with zero attached hydrogens (tertiary/aromatic N) is 2.